The van der Waals surface area contributed by atoms with Crippen molar-refractivity contribution in [2.24, 2.45) is 0 Å². The number of hydrogen-bond acceptors (Lipinski definition) is 3. The summed E-state index contributed by atoms with van der Waals surface area (Å²) in [5, 5.41) is 4.65. The zero-order chi connectivity index (χ0) is 46.7. The largest absolute Gasteiger partial charge is 0.309 e. The van der Waals surface area contributed by atoms with Crippen molar-refractivity contribution in [2.75, 3.05) is 0 Å². The van der Waals surface area contributed by atoms with Crippen molar-refractivity contribution < 1.29 is 0 Å². The Morgan fingerprint density at radius 1 is 0.271 bits per heavy atom. The molecule has 5 heteroatoms. The Hall–Kier alpha value is -9.19. The number of aryl methyl sites for hydroxylation is 2. The predicted octanol–water partition coefficient (Wildman–Crippen LogP) is 16.7. The lowest BCUT2D eigenvalue weighted by Gasteiger charge is -2.15. The van der Waals surface area contributed by atoms with Gasteiger partial charge in [-0.1, -0.05) is 193 Å². The first-order valence-corrected chi connectivity index (χ1v) is 23.8. The number of hydrogen-bond donors (Lipinski definition) is 0. The summed E-state index contributed by atoms with van der Waals surface area (Å²) in [6.45, 7) is 4.32. The average Bonchev–Trinajstić information content (AvgIpc) is 3.92. The van der Waals surface area contributed by atoms with Gasteiger partial charge in [-0.3, -0.25) is 4.57 Å². The van der Waals surface area contributed by atoms with Crippen LogP contribution in [0.3, 0.4) is 0 Å². The first-order valence-electron chi connectivity index (χ1n) is 23.8. The van der Waals surface area contributed by atoms with E-state index in [2.05, 4.69) is 241 Å². The van der Waals surface area contributed by atoms with Crippen LogP contribution in [-0.2, 0) is 0 Å². The summed E-state index contributed by atoms with van der Waals surface area (Å²) < 4.78 is 4.62. The molecule has 13 aromatic rings. The van der Waals surface area contributed by atoms with Crippen molar-refractivity contribution in [3.8, 4) is 78.9 Å². The highest BCUT2D eigenvalue weighted by Crippen LogP contribution is 2.42. The third-order valence-corrected chi connectivity index (χ3v) is 13.7. The summed E-state index contributed by atoms with van der Waals surface area (Å²) in [5.74, 6) is 1.72. The molecule has 0 amide bonds. The van der Waals surface area contributed by atoms with Crippen LogP contribution in [0.2, 0.25) is 0 Å². The summed E-state index contributed by atoms with van der Waals surface area (Å²) in [5.41, 5.74) is 18.8. The van der Waals surface area contributed by atoms with Crippen molar-refractivity contribution in [1.29, 1.82) is 0 Å². The van der Waals surface area contributed by atoms with Crippen LogP contribution in [0.15, 0.2) is 237 Å². The second kappa shape index (κ2) is 16.8. The van der Waals surface area contributed by atoms with E-state index in [-0.39, 0.29) is 0 Å². The molecule has 330 valence electrons. The molecular formula is C65H45N5. The zero-order valence-electron chi connectivity index (χ0n) is 38.8. The Labute approximate surface area is 406 Å². The molecule has 0 radical (unpaired) electrons. The van der Waals surface area contributed by atoms with Crippen molar-refractivity contribution in [3.63, 3.8) is 0 Å². The summed E-state index contributed by atoms with van der Waals surface area (Å²) in [7, 11) is 0. The molecule has 13 rings (SSSR count). The summed E-state index contributed by atoms with van der Waals surface area (Å²) in [6, 6.07) is 84.6. The number of rotatable bonds is 8. The molecule has 0 saturated carbocycles. The minimum Gasteiger partial charge on any atom is -0.309 e. The molecule has 5 nitrogen and oxygen atoms in total. The second-order valence-corrected chi connectivity index (χ2v) is 18.2. The zero-order valence-corrected chi connectivity index (χ0v) is 38.8. The fraction of sp³-hybridized carbons (Fsp3) is 0.0308. The van der Waals surface area contributed by atoms with Crippen LogP contribution in [0.5, 0.6) is 0 Å². The quantitative estimate of drug-likeness (QED) is 0.153. The van der Waals surface area contributed by atoms with Gasteiger partial charge in [0.15, 0.2) is 11.6 Å². The Kier molecular flexibility index (Phi) is 9.88. The van der Waals surface area contributed by atoms with E-state index in [1.54, 1.807) is 0 Å². The molecule has 0 spiro atoms. The van der Waals surface area contributed by atoms with Gasteiger partial charge in [0.25, 0.3) is 0 Å². The highest BCUT2D eigenvalue weighted by molar-refractivity contribution is 6.12. The predicted molar refractivity (Wildman–Crippen MR) is 291 cm³/mol. The lowest BCUT2D eigenvalue weighted by atomic mass is 9.93. The van der Waals surface area contributed by atoms with Crippen molar-refractivity contribution >= 4 is 43.6 Å². The molecule has 0 aliphatic heterocycles. The highest BCUT2D eigenvalue weighted by Gasteiger charge is 2.23. The summed E-state index contributed by atoms with van der Waals surface area (Å²) in [4.78, 5) is 16.3. The average molecular weight is 896 g/mol. The van der Waals surface area contributed by atoms with Gasteiger partial charge in [-0.05, 0) is 113 Å². The van der Waals surface area contributed by atoms with Crippen LogP contribution >= 0.6 is 0 Å². The molecule has 0 N–H and O–H groups in total. The molecule has 0 saturated heterocycles. The lowest BCUT2D eigenvalue weighted by molar-refractivity contribution is 0.952. The molecule has 10 aromatic carbocycles. The van der Waals surface area contributed by atoms with E-state index in [0.29, 0.717) is 17.6 Å². The summed E-state index contributed by atoms with van der Waals surface area (Å²) >= 11 is 0. The molecule has 3 heterocycles. The van der Waals surface area contributed by atoms with Gasteiger partial charge < -0.3 is 4.57 Å². The Balaban J connectivity index is 1.08. The first-order chi connectivity index (χ1) is 34.5. The SMILES string of the molecule is Cc1ccc2c(c1)c1cc(C)ccc1n2-c1ccccc1-c1nc(-c2ccccc2)nc(-n2c3ccc(-c4ccccc4-c4ccccc4)cc3c3ccc(-c4ccccc4-c4ccccc4)cc32)n1. The van der Waals surface area contributed by atoms with Crippen LogP contribution in [0.4, 0.5) is 0 Å². The number of fused-ring (bicyclic) bond motifs is 6. The molecule has 3 aromatic heterocycles. The molecule has 0 bridgehead atoms. The molecule has 0 unspecified atom stereocenters. The van der Waals surface area contributed by atoms with E-state index < -0.39 is 0 Å². The maximum absolute atomic E-state index is 5.56. The van der Waals surface area contributed by atoms with Crippen LogP contribution < -0.4 is 0 Å². The summed E-state index contributed by atoms with van der Waals surface area (Å²) in [6.07, 6.45) is 0. The van der Waals surface area contributed by atoms with Gasteiger partial charge in [0.1, 0.15) is 0 Å². The molecule has 0 atom stereocenters. The second-order valence-electron chi connectivity index (χ2n) is 18.2. The Morgan fingerprint density at radius 2 is 0.700 bits per heavy atom. The van der Waals surface area contributed by atoms with Crippen molar-refractivity contribution in [1.82, 2.24) is 24.1 Å². The number of benzene rings is 10. The number of para-hydroxylation sites is 1. The normalized spacial score (nSPS) is 11.6. The maximum atomic E-state index is 5.56. The molecule has 70 heavy (non-hydrogen) atoms. The minimum atomic E-state index is 0.540. The van der Waals surface area contributed by atoms with E-state index in [4.69, 9.17) is 15.0 Å². The molecule has 0 aliphatic carbocycles. The van der Waals surface area contributed by atoms with E-state index in [0.717, 1.165) is 66.3 Å². The van der Waals surface area contributed by atoms with Gasteiger partial charge in [-0.25, -0.2) is 4.98 Å². The monoisotopic (exact) mass is 895 g/mol. The molecular weight excluding hydrogens is 851 g/mol. The maximum Gasteiger partial charge on any atom is 0.238 e. The molecule has 0 aliphatic rings. The van der Waals surface area contributed by atoms with Crippen LogP contribution in [-0.4, -0.2) is 24.1 Å². The van der Waals surface area contributed by atoms with Crippen molar-refractivity contribution in [2.45, 2.75) is 13.8 Å². The Bertz CT molecular complexity index is 4070. The van der Waals surface area contributed by atoms with Gasteiger partial charge >= 0.3 is 0 Å². The number of nitrogens with zero attached hydrogens (tertiary/aromatic N) is 5. The topological polar surface area (TPSA) is 48.5 Å². The van der Waals surface area contributed by atoms with E-state index in [1.807, 2.05) is 18.2 Å². The van der Waals surface area contributed by atoms with E-state index in [1.165, 1.54) is 49.7 Å². The minimum absolute atomic E-state index is 0.540. The lowest BCUT2D eigenvalue weighted by Crippen LogP contribution is -2.08. The van der Waals surface area contributed by atoms with Gasteiger partial charge in [-0.2, -0.15) is 9.97 Å². The highest BCUT2D eigenvalue weighted by atomic mass is 15.2. The van der Waals surface area contributed by atoms with E-state index >= 15 is 0 Å². The van der Waals surface area contributed by atoms with Gasteiger partial charge in [0.05, 0.1) is 27.8 Å². The first kappa shape index (κ1) is 41.0. The van der Waals surface area contributed by atoms with Crippen LogP contribution in [0.25, 0.3) is 123 Å². The third kappa shape index (κ3) is 6.98. The fourth-order valence-corrected chi connectivity index (χ4v) is 10.4. The van der Waals surface area contributed by atoms with Gasteiger partial charge in [0.2, 0.25) is 5.95 Å². The van der Waals surface area contributed by atoms with Gasteiger partial charge in [-0.15, -0.1) is 0 Å². The smallest absolute Gasteiger partial charge is 0.238 e. The number of aromatic nitrogens is 5. The van der Waals surface area contributed by atoms with Crippen LogP contribution in [0, 0.1) is 13.8 Å². The standard InChI is InChI=1S/C65H45N5/c1-42-30-35-59-55(38-42)56-39-43(2)31-36-60(56)69(59)58-29-17-16-28-54(58)64-66-63(46-22-10-5-11-23-46)67-65(68-64)70-61-37-33-47(51-26-14-12-24-49(51)44-18-6-3-7-19-44)40-57(61)53-34-32-48(41-62(53)70)52-27-15-13-25-50(52)45-20-8-4-9-21-45/h3-41H,1-2H3. The van der Waals surface area contributed by atoms with E-state index in [9.17, 15) is 0 Å². The fourth-order valence-electron chi connectivity index (χ4n) is 10.4. The van der Waals surface area contributed by atoms with Crippen LogP contribution in [0.1, 0.15) is 11.1 Å². The Morgan fingerprint density at radius 3 is 1.29 bits per heavy atom. The van der Waals surface area contributed by atoms with Gasteiger partial charge in [0, 0.05) is 32.7 Å². The molecule has 0 fully saturated rings. The van der Waals surface area contributed by atoms with Crippen molar-refractivity contribution in [3.05, 3.63) is 248 Å². The third-order valence-electron chi connectivity index (χ3n) is 13.7.